The fourth-order valence-electron chi connectivity index (χ4n) is 3.06. The Labute approximate surface area is 97.6 Å². The average molecular weight is 216 g/mol. The van der Waals surface area contributed by atoms with Crippen LogP contribution >= 0.6 is 0 Å². The van der Waals surface area contributed by atoms with E-state index >= 15 is 0 Å². The molecule has 86 valence electrons. The van der Waals surface area contributed by atoms with Crippen LogP contribution in [0.25, 0.3) is 0 Å². The molecule has 0 aromatic heterocycles. The molecule has 16 heavy (non-hydrogen) atoms. The lowest BCUT2D eigenvalue weighted by atomic mass is 9.93. The first-order valence-corrected chi connectivity index (χ1v) is 6.36. The van der Waals surface area contributed by atoms with Crippen LogP contribution in [-0.4, -0.2) is 24.0 Å². The third-order valence-corrected chi connectivity index (χ3v) is 4.12. The highest BCUT2D eigenvalue weighted by Gasteiger charge is 2.30. The molecule has 1 aromatic carbocycles. The van der Waals surface area contributed by atoms with Gasteiger partial charge in [0.2, 0.25) is 0 Å². The highest BCUT2D eigenvalue weighted by atomic mass is 15.2. The molecule has 0 aliphatic carbocycles. The van der Waals surface area contributed by atoms with E-state index in [1.165, 1.54) is 24.1 Å². The first-order chi connectivity index (χ1) is 7.84. The molecular formula is C14H20N2. The molecule has 1 N–H and O–H groups in total. The lowest BCUT2D eigenvalue weighted by Gasteiger charge is -2.36. The molecule has 0 saturated carbocycles. The minimum absolute atomic E-state index is 0.723. The van der Waals surface area contributed by atoms with Crippen molar-refractivity contribution in [1.82, 2.24) is 10.2 Å². The number of piperidine rings is 1. The summed E-state index contributed by atoms with van der Waals surface area (Å²) in [5, 5.41) is 3.53. The monoisotopic (exact) mass is 216 g/mol. The van der Waals surface area contributed by atoms with E-state index in [-0.39, 0.29) is 0 Å². The number of nitrogens with one attached hydrogen (secondary N) is 1. The molecule has 0 spiro atoms. The second-order valence-electron chi connectivity index (χ2n) is 5.21. The van der Waals surface area contributed by atoms with E-state index in [0.29, 0.717) is 0 Å². The smallest absolute Gasteiger partial charge is 0.0253 e. The van der Waals surface area contributed by atoms with Crippen molar-refractivity contribution in [2.75, 3.05) is 13.1 Å². The van der Waals surface area contributed by atoms with E-state index in [4.69, 9.17) is 0 Å². The minimum atomic E-state index is 0.723. The van der Waals surface area contributed by atoms with E-state index in [2.05, 4.69) is 41.4 Å². The van der Waals surface area contributed by atoms with Gasteiger partial charge in [-0.3, -0.25) is 4.90 Å². The van der Waals surface area contributed by atoms with Crippen molar-refractivity contribution in [3.05, 3.63) is 35.4 Å². The number of nitrogens with zero attached hydrogens (tertiary/aromatic N) is 1. The number of hydrogen-bond donors (Lipinski definition) is 1. The normalized spacial score (nSPS) is 30.3. The molecule has 2 heteroatoms. The Hall–Kier alpha value is -0.860. The Morgan fingerprint density at radius 2 is 1.88 bits per heavy atom. The number of hydrogen-bond acceptors (Lipinski definition) is 2. The zero-order valence-electron chi connectivity index (χ0n) is 9.95. The summed E-state index contributed by atoms with van der Waals surface area (Å²) in [5.41, 5.74) is 3.06. The number of benzene rings is 1. The minimum Gasteiger partial charge on any atom is -0.315 e. The van der Waals surface area contributed by atoms with Crippen molar-refractivity contribution in [3.8, 4) is 0 Å². The van der Waals surface area contributed by atoms with Gasteiger partial charge in [0.15, 0.2) is 0 Å². The molecule has 1 saturated heterocycles. The largest absolute Gasteiger partial charge is 0.315 e. The second-order valence-corrected chi connectivity index (χ2v) is 5.21. The topological polar surface area (TPSA) is 15.3 Å². The Morgan fingerprint density at radius 1 is 1.19 bits per heavy atom. The van der Waals surface area contributed by atoms with Gasteiger partial charge in [0.25, 0.3) is 0 Å². The third-order valence-electron chi connectivity index (χ3n) is 4.12. The summed E-state index contributed by atoms with van der Waals surface area (Å²) in [6, 6.07) is 9.59. The summed E-state index contributed by atoms with van der Waals surface area (Å²) in [5.74, 6) is 0.829. The lowest BCUT2D eigenvalue weighted by molar-refractivity contribution is 0.121. The summed E-state index contributed by atoms with van der Waals surface area (Å²) in [4.78, 5) is 2.64. The van der Waals surface area contributed by atoms with Crippen LogP contribution < -0.4 is 5.32 Å². The van der Waals surface area contributed by atoms with Crippen LogP contribution in [0.1, 0.15) is 24.5 Å². The van der Waals surface area contributed by atoms with Crippen molar-refractivity contribution in [2.24, 2.45) is 5.92 Å². The molecule has 2 aliphatic rings. The Kier molecular flexibility index (Phi) is 2.70. The predicted octanol–water partition coefficient (Wildman–Crippen LogP) is 2.00. The van der Waals surface area contributed by atoms with E-state index in [1.54, 1.807) is 0 Å². The third kappa shape index (κ3) is 1.76. The first-order valence-electron chi connectivity index (χ1n) is 6.36. The average Bonchev–Trinajstić information content (AvgIpc) is 2.73. The highest BCUT2D eigenvalue weighted by Crippen LogP contribution is 2.28. The molecule has 2 aliphatic heterocycles. The lowest BCUT2D eigenvalue weighted by Crippen LogP contribution is -2.48. The van der Waals surface area contributed by atoms with Gasteiger partial charge in [0.1, 0.15) is 0 Å². The fraction of sp³-hybridized carbons (Fsp3) is 0.571. The van der Waals surface area contributed by atoms with Crippen molar-refractivity contribution in [3.63, 3.8) is 0 Å². The Bertz CT molecular complexity index is 350. The summed E-state index contributed by atoms with van der Waals surface area (Å²) < 4.78 is 0. The maximum absolute atomic E-state index is 3.53. The van der Waals surface area contributed by atoms with Crippen molar-refractivity contribution in [2.45, 2.75) is 32.5 Å². The van der Waals surface area contributed by atoms with Gasteiger partial charge in [0, 0.05) is 25.7 Å². The van der Waals surface area contributed by atoms with Gasteiger partial charge >= 0.3 is 0 Å². The molecule has 0 amide bonds. The van der Waals surface area contributed by atoms with E-state index < -0.39 is 0 Å². The van der Waals surface area contributed by atoms with Crippen LogP contribution in [0.15, 0.2) is 24.3 Å². The second kappa shape index (κ2) is 4.19. The molecule has 2 heterocycles. The van der Waals surface area contributed by atoms with Gasteiger partial charge in [-0.05, 0) is 30.0 Å². The molecule has 0 radical (unpaired) electrons. The molecular weight excluding hydrogens is 196 g/mol. The van der Waals surface area contributed by atoms with Gasteiger partial charge in [0.05, 0.1) is 0 Å². The van der Waals surface area contributed by atoms with Crippen LogP contribution in [0.2, 0.25) is 0 Å². The van der Waals surface area contributed by atoms with Gasteiger partial charge in [-0.1, -0.05) is 31.2 Å². The van der Waals surface area contributed by atoms with Crippen LogP contribution in [0.4, 0.5) is 0 Å². The van der Waals surface area contributed by atoms with Gasteiger partial charge in [-0.25, -0.2) is 0 Å². The molecule has 2 nitrogen and oxygen atoms in total. The van der Waals surface area contributed by atoms with E-state index in [0.717, 1.165) is 31.6 Å². The fourth-order valence-corrected chi connectivity index (χ4v) is 3.06. The van der Waals surface area contributed by atoms with Crippen molar-refractivity contribution < 1.29 is 0 Å². The quantitative estimate of drug-likeness (QED) is 0.772. The predicted molar refractivity (Wildman–Crippen MR) is 66.1 cm³/mol. The summed E-state index contributed by atoms with van der Waals surface area (Å²) in [6.45, 7) is 7.04. The summed E-state index contributed by atoms with van der Waals surface area (Å²) in [7, 11) is 0. The van der Waals surface area contributed by atoms with Gasteiger partial charge in [-0.15, -0.1) is 0 Å². The number of rotatable bonds is 1. The van der Waals surface area contributed by atoms with Crippen molar-refractivity contribution >= 4 is 0 Å². The van der Waals surface area contributed by atoms with Gasteiger partial charge in [-0.2, -0.15) is 0 Å². The van der Waals surface area contributed by atoms with Crippen LogP contribution in [0, 0.1) is 5.92 Å². The summed E-state index contributed by atoms with van der Waals surface area (Å²) in [6.07, 6.45) is 1.32. The van der Waals surface area contributed by atoms with Crippen LogP contribution in [-0.2, 0) is 13.1 Å². The molecule has 1 fully saturated rings. The van der Waals surface area contributed by atoms with Gasteiger partial charge < -0.3 is 5.32 Å². The molecule has 3 rings (SSSR count). The highest BCUT2D eigenvalue weighted by molar-refractivity contribution is 5.30. The maximum atomic E-state index is 3.53. The summed E-state index contributed by atoms with van der Waals surface area (Å²) >= 11 is 0. The van der Waals surface area contributed by atoms with Crippen LogP contribution in [0.3, 0.4) is 0 Å². The zero-order chi connectivity index (χ0) is 11.0. The SMILES string of the molecule is CC1CCNCC1N1Cc2ccccc2C1. The standard InChI is InChI=1S/C14H20N2/c1-11-6-7-15-8-14(11)16-9-12-4-2-3-5-13(12)10-16/h2-5,11,14-15H,6-10H2,1H3. The molecule has 2 atom stereocenters. The maximum Gasteiger partial charge on any atom is 0.0253 e. The number of fused-ring (bicyclic) bond motifs is 1. The first kappa shape index (κ1) is 10.3. The van der Waals surface area contributed by atoms with Crippen molar-refractivity contribution in [1.29, 1.82) is 0 Å². The zero-order valence-corrected chi connectivity index (χ0v) is 9.95. The van der Waals surface area contributed by atoms with Crippen LogP contribution in [0.5, 0.6) is 0 Å². The molecule has 1 aromatic rings. The van der Waals surface area contributed by atoms with E-state index in [1.807, 2.05) is 0 Å². The molecule has 2 unspecified atom stereocenters. The Balaban J connectivity index is 1.75. The Morgan fingerprint density at radius 3 is 2.50 bits per heavy atom. The molecule has 0 bridgehead atoms. The van der Waals surface area contributed by atoms with E-state index in [9.17, 15) is 0 Å².